The first-order chi connectivity index (χ1) is 11.1. The molecule has 0 saturated carbocycles. The van der Waals surface area contributed by atoms with E-state index in [1.165, 1.54) is 38.5 Å². The molecule has 5 heteroatoms. The molecule has 1 saturated heterocycles. The summed E-state index contributed by atoms with van der Waals surface area (Å²) < 4.78 is 17.0. The van der Waals surface area contributed by atoms with Crippen LogP contribution in [0.4, 0.5) is 0 Å². The van der Waals surface area contributed by atoms with Crippen LogP contribution in [0.3, 0.4) is 0 Å². The van der Waals surface area contributed by atoms with Gasteiger partial charge in [-0.15, -0.1) is 0 Å². The Morgan fingerprint density at radius 1 is 1.13 bits per heavy atom. The van der Waals surface area contributed by atoms with Crippen LogP contribution in [-0.2, 0) is 19.0 Å². The fraction of sp³-hybridized carbons (Fsp3) is 0.944. The number of ether oxygens (including phenoxy) is 3. The highest BCUT2D eigenvalue weighted by Crippen LogP contribution is 2.28. The first-order valence-electron chi connectivity index (χ1n) is 9.18. The monoisotopic (exact) mass is 329 g/mol. The predicted molar refractivity (Wildman–Crippen MR) is 91.2 cm³/mol. The summed E-state index contributed by atoms with van der Waals surface area (Å²) in [5.41, 5.74) is 5.38. The number of hydrogen-bond donors (Lipinski definition) is 1. The van der Waals surface area contributed by atoms with Gasteiger partial charge in [-0.05, 0) is 6.42 Å². The van der Waals surface area contributed by atoms with E-state index in [1.54, 1.807) is 7.11 Å². The van der Waals surface area contributed by atoms with Crippen molar-refractivity contribution in [2.75, 3.05) is 20.3 Å². The molecule has 1 aliphatic heterocycles. The topological polar surface area (TPSA) is 70.8 Å². The zero-order valence-corrected chi connectivity index (χ0v) is 15.1. The maximum atomic E-state index is 11.6. The van der Waals surface area contributed by atoms with Crippen LogP contribution in [0.2, 0.25) is 0 Å². The molecule has 0 aliphatic carbocycles. The molecule has 0 spiro atoms. The lowest BCUT2D eigenvalue weighted by Gasteiger charge is -2.40. The second-order valence-corrected chi connectivity index (χ2v) is 6.62. The Hall–Kier alpha value is -0.650. The van der Waals surface area contributed by atoms with Gasteiger partial charge >= 0.3 is 5.97 Å². The molecule has 2 N–H and O–H groups in total. The Morgan fingerprint density at radius 3 is 2.39 bits per heavy atom. The van der Waals surface area contributed by atoms with E-state index in [0.717, 1.165) is 12.8 Å². The third-order valence-electron chi connectivity index (χ3n) is 4.62. The Bertz CT molecular complexity index is 324. The van der Waals surface area contributed by atoms with E-state index < -0.39 is 0 Å². The van der Waals surface area contributed by atoms with Crippen LogP contribution in [0.5, 0.6) is 0 Å². The summed E-state index contributed by atoms with van der Waals surface area (Å²) in [6.07, 6.45) is 9.17. The summed E-state index contributed by atoms with van der Waals surface area (Å²) in [7, 11) is 1.67. The normalized spacial score (nSPS) is 27.8. The van der Waals surface area contributed by atoms with Crippen molar-refractivity contribution in [3.63, 3.8) is 0 Å². The van der Waals surface area contributed by atoms with Crippen LogP contribution in [0.1, 0.15) is 65.2 Å². The lowest BCUT2D eigenvalue weighted by atomic mass is 9.90. The van der Waals surface area contributed by atoms with E-state index in [-0.39, 0.29) is 36.7 Å². The van der Waals surface area contributed by atoms with Crippen molar-refractivity contribution in [2.45, 2.75) is 83.5 Å². The lowest BCUT2D eigenvalue weighted by Crippen LogP contribution is -2.52. The minimum absolute atomic E-state index is 0.0812. The fourth-order valence-electron chi connectivity index (χ4n) is 3.26. The zero-order chi connectivity index (χ0) is 17.1. The Balaban J connectivity index is 2.41. The highest BCUT2D eigenvalue weighted by Gasteiger charge is 2.40. The maximum absolute atomic E-state index is 11.6. The van der Waals surface area contributed by atoms with Gasteiger partial charge in [-0.3, -0.25) is 4.79 Å². The minimum Gasteiger partial charge on any atom is -0.456 e. The van der Waals surface area contributed by atoms with E-state index in [1.807, 2.05) is 0 Å². The SMILES string of the molecule is CCCCCCCCC[C@@H]1OC[C@H](C)[C@@H](OC)[C@@H]1OC(=O)CN. The molecule has 136 valence electrons. The quantitative estimate of drug-likeness (QED) is 0.466. The van der Waals surface area contributed by atoms with Gasteiger partial charge in [0, 0.05) is 13.0 Å². The molecule has 4 atom stereocenters. The number of carbonyl (C=O) groups excluding carboxylic acids is 1. The highest BCUT2D eigenvalue weighted by atomic mass is 16.6. The average molecular weight is 329 g/mol. The summed E-state index contributed by atoms with van der Waals surface area (Å²) in [5.74, 6) is -0.180. The number of rotatable bonds is 11. The van der Waals surface area contributed by atoms with Crippen molar-refractivity contribution >= 4 is 5.97 Å². The largest absolute Gasteiger partial charge is 0.456 e. The van der Waals surface area contributed by atoms with Gasteiger partial charge in [0.05, 0.1) is 19.3 Å². The molecule has 1 aliphatic rings. The summed E-state index contributed by atoms with van der Waals surface area (Å²) in [6, 6.07) is 0. The third kappa shape index (κ3) is 7.19. The zero-order valence-electron chi connectivity index (χ0n) is 15.1. The first kappa shape index (κ1) is 20.4. The van der Waals surface area contributed by atoms with Crippen molar-refractivity contribution in [1.82, 2.24) is 0 Å². The molecule has 0 aromatic rings. The second-order valence-electron chi connectivity index (χ2n) is 6.62. The van der Waals surface area contributed by atoms with Gasteiger partial charge in [-0.1, -0.05) is 58.8 Å². The van der Waals surface area contributed by atoms with Crippen LogP contribution >= 0.6 is 0 Å². The van der Waals surface area contributed by atoms with Crippen molar-refractivity contribution in [3.8, 4) is 0 Å². The molecule has 1 rings (SSSR count). The molecule has 5 nitrogen and oxygen atoms in total. The number of nitrogens with two attached hydrogens (primary N) is 1. The molecule has 1 fully saturated rings. The number of esters is 1. The summed E-state index contributed by atoms with van der Waals surface area (Å²) in [6.45, 7) is 4.83. The van der Waals surface area contributed by atoms with Gasteiger partial charge in [0.15, 0.2) is 6.10 Å². The van der Waals surface area contributed by atoms with Crippen molar-refractivity contribution in [2.24, 2.45) is 11.7 Å². The van der Waals surface area contributed by atoms with Crippen molar-refractivity contribution in [1.29, 1.82) is 0 Å². The van der Waals surface area contributed by atoms with Gasteiger partial charge < -0.3 is 19.9 Å². The van der Waals surface area contributed by atoms with Gasteiger partial charge in [-0.2, -0.15) is 0 Å². The molecule has 1 heterocycles. The van der Waals surface area contributed by atoms with Crippen LogP contribution in [0, 0.1) is 5.92 Å². The molecule has 0 amide bonds. The Labute approximate surface area is 141 Å². The summed E-state index contributed by atoms with van der Waals surface area (Å²) in [4.78, 5) is 11.6. The number of methoxy groups -OCH3 is 1. The second kappa shape index (κ2) is 11.8. The molecule has 0 aromatic heterocycles. The molecular formula is C18H35NO4. The van der Waals surface area contributed by atoms with Gasteiger partial charge in [-0.25, -0.2) is 0 Å². The van der Waals surface area contributed by atoms with E-state index in [4.69, 9.17) is 19.9 Å². The van der Waals surface area contributed by atoms with E-state index in [9.17, 15) is 4.79 Å². The van der Waals surface area contributed by atoms with Crippen molar-refractivity contribution < 1.29 is 19.0 Å². The Kier molecular flexibility index (Phi) is 10.5. The van der Waals surface area contributed by atoms with Gasteiger partial charge in [0.25, 0.3) is 0 Å². The van der Waals surface area contributed by atoms with Crippen molar-refractivity contribution in [3.05, 3.63) is 0 Å². The number of hydrogen-bond acceptors (Lipinski definition) is 5. The van der Waals surface area contributed by atoms with Gasteiger partial charge in [0.2, 0.25) is 0 Å². The van der Waals surface area contributed by atoms with Crippen LogP contribution in [0.25, 0.3) is 0 Å². The highest BCUT2D eigenvalue weighted by molar-refractivity contribution is 5.71. The summed E-state index contributed by atoms with van der Waals surface area (Å²) >= 11 is 0. The van der Waals surface area contributed by atoms with Crippen LogP contribution in [0.15, 0.2) is 0 Å². The number of carbonyl (C=O) groups is 1. The van der Waals surface area contributed by atoms with E-state index in [2.05, 4.69) is 13.8 Å². The molecule has 23 heavy (non-hydrogen) atoms. The lowest BCUT2D eigenvalue weighted by molar-refractivity contribution is -0.199. The molecular weight excluding hydrogens is 294 g/mol. The minimum atomic E-state index is -0.390. The molecule has 0 radical (unpaired) electrons. The Morgan fingerprint density at radius 2 is 1.78 bits per heavy atom. The van der Waals surface area contributed by atoms with Gasteiger partial charge in [0.1, 0.15) is 6.10 Å². The molecule has 0 unspecified atom stereocenters. The molecule has 0 aromatic carbocycles. The summed E-state index contributed by atoms with van der Waals surface area (Å²) in [5, 5.41) is 0. The van der Waals surface area contributed by atoms with E-state index in [0.29, 0.717) is 6.61 Å². The average Bonchev–Trinajstić information content (AvgIpc) is 2.55. The van der Waals surface area contributed by atoms with Crippen LogP contribution < -0.4 is 5.73 Å². The van der Waals surface area contributed by atoms with Crippen LogP contribution in [-0.4, -0.2) is 44.5 Å². The molecule has 0 bridgehead atoms. The number of unbranched alkanes of at least 4 members (excludes halogenated alkanes) is 6. The standard InChI is InChI=1S/C18H35NO4/c1-4-5-6-7-8-9-10-11-15-18(23-16(20)12-19)17(21-3)14(2)13-22-15/h14-15,17-18H,4-13,19H2,1-3H3/t14-,15-,17+,18+/m0/s1. The third-order valence-corrected chi connectivity index (χ3v) is 4.62. The fourth-order valence-corrected chi connectivity index (χ4v) is 3.26. The first-order valence-corrected chi connectivity index (χ1v) is 9.18. The van der Waals surface area contributed by atoms with E-state index >= 15 is 0 Å². The smallest absolute Gasteiger partial charge is 0.320 e. The predicted octanol–water partition coefficient (Wildman–Crippen LogP) is 3.05. The maximum Gasteiger partial charge on any atom is 0.320 e.